The number of alkyl carbamates (subject to hydrolysis) is 1. The molecule has 12 nitrogen and oxygen atoms in total. The fourth-order valence-corrected chi connectivity index (χ4v) is 5.00. The second-order valence-corrected chi connectivity index (χ2v) is 9.52. The van der Waals surface area contributed by atoms with Crippen molar-refractivity contribution in [1.29, 1.82) is 0 Å². The maximum atomic E-state index is 13.7. The molecule has 0 aliphatic carbocycles. The molecule has 3 heterocycles. The summed E-state index contributed by atoms with van der Waals surface area (Å²) < 4.78 is 10.4. The van der Waals surface area contributed by atoms with Crippen molar-refractivity contribution in [2.45, 2.75) is 45.1 Å². The van der Waals surface area contributed by atoms with Crippen LogP contribution in [0.4, 0.5) is 9.59 Å². The van der Waals surface area contributed by atoms with Crippen LogP contribution in [0.2, 0.25) is 0 Å². The summed E-state index contributed by atoms with van der Waals surface area (Å²) in [6.07, 6.45) is 2.43. The lowest BCUT2D eigenvalue weighted by Gasteiger charge is -2.55. The summed E-state index contributed by atoms with van der Waals surface area (Å²) in [6.45, 7) is 6.79. The number of ether oxygens (including phenoxy) is 1. The van der Waals surface area contributed by atoms with Crippen LogP contribution in [0.5, 0.6) is 0 Å². The number of furan rings is 1. The molecule has 2 fully saturated rings. The van der Waals surface area contributed by atoms with Crippen LogP contribution < -0.4 is 10.6 Å². The monoisotopic (exact) mass is 552 g/mol. The first-order valence-corrected chi connectivity index (χ1v) is 13.4. The second kappa shape index (κ2) is 13.7. The molecule has 0 radical (unpaired) electrons. The molecule has 2 aliphatic rings. The number of carbonyl (C=O) groups is 4. The molecule has 2 aromatic rings. The highest BCUT2D eigenvalue weighted by atomic mass is 16.5. The molecule has 0 spiro atoms. The van der Waals surface area contributed by atoms with Crippen LogP contribution in [0.25, 0.3) is 0 Å². The third-order valence-corrected chi connectivity index (χ3v) is 6.87. The molecular formula is C28H36N6O6. The van der Waals surface area contributed by atoms with Gasteiger partial charge >= 0.3 is 12.1 Å². The molecule has 0 unspecified atom stereocenters. The molecule has 2 aliphatic heterocycles. The van der Waals surface area contributed by atoms with E-state index < -0.39 is 18.3 Å². The standard InChI is InChI=1S/C28H36N6O6/c1-3-15-40-28(38)29-14-8-13-23-26(36)31(18-22-12-9-16-39-22)19-24-33(23)25(35)20-32(4-2)34(24)27(37)30-17-21-10-6-5-7-11-21/h3,5-7,9-12,16,23-24H,1,4,8,13-15,17-20H2,2H3,(H,29,38)(H,30,37)/t23-,24-/m0/s1. The van der Waals surface area contributed by atoms with Crippen molar-refractivity contribution in [2.24, 2.45) is 0 Å². The Morgan fingerprint density at radius 2 is 1.95 bits per heavy atom. The van der Waals surface area contributed by atoms with Gasteiger partial charge in [0.1, 0.15) is 24.6 Å². The largest absolute Gasteiger partial charge is 0.467 e. The number of hydrogen-bond acceptors (Lipinski definition) is 7. The van der Waals surface area contributed by atoms with Gasteiger partial charge in [0.05, 0.1) is 25.9 Å². The molecule has 2 saturated heterocycles. The summed E-state index contributed by atoms with van der Waals surface area (Å²) in [6, 6.07) is 11.9. The lowest BCUT2D eigenvalue weighted by Crippen LogP contribution is -2.76. The molecule has 12 heteroatoms. The van der Waals surface area contributed by atoms with E-state index in [0.717, 1.165) is 5.56 Å². The van der Waals surface area contributed by atoms with E-state index in [2.05, 4.69) is 17.2 Å². The molecule has 5 amide bonds. The number of amides is 5. The van der Waals surface area contributed by atoms with Gasteiger partial charge in [-0.3, -0.25) is 9.59 Å². The predicted octanol–water partition coefficient (Wildman–Crippen LogP) is 2.30. The van der Waals surface area contributed by atoms with Crippen molar-refractivity contribution < 1.29 is 28.3 Å². The van der Waals surface area contributed by atoms with Gasteiger partial charge in [-0.2, -0.15) is 0 Å². The number of hydrogen-bond donors (Lipinski definition) is 2. The minimum atomic E-state index is -0.810. The maximum Gasteiger partial charge on any atom is 0.407 e. The van der Waals surface area contributed by atoms with Gasteiger partial charge in [0.15, 0.2) is 0 Å². The summed E-state index contributed by atoms with van der Waals surface area (Å²) in [7, 11) is 0. The summed E-state index contributed by atoms with van der Waals surface area (Å²) >= 11 is 0. The van der Waals surface area contributed by atoms with Gasteiger partial charge in [-0.25, -0.2) is 19.6 Å². The lowest BCUT2D eigenvalue weighted by molar-refractivity contribution is -0.191. The quantitative estimate of drug-likeness (QED) is 0.323. The molecule has 40 heavy (non-hydrogen) atoms. The average Bonchev–Trinajstić information content (AvgIpc) is 3.48. The van der Waals surface area contributed by atoms with Gasteiger partial charge in [-0.1, -0.05) is 49.9 Å². The number of fused-ring (bicyclic) bond motifs is 1. The van der Waals surface area contributed by atoms with E-state index in [1.54, 1.807) is 27.1 Å². The van der Waals surface area contributed by atoms with E-state index in [0.29, 0.717) is 31.7 Å². The fraction of sp³-hybridized carbons (Fsp3) is 0.429. The SMILES string of the molecule is C=CCOC(=O)NCCC[C@H]1C(=O)N(Cc2ccco2)C[C@H]2N1C(=O)CN(CC)N2C(=O)NCc1ccccc1. The molecule has 214 valence electrons. The Kier molecular flexibility index (Phi) is 9.79. The molecule has 1 aromatic carbocycles. The van der Waals surface area contributed by atoms with Crippen molar-refractivity contribution in [3.63, 3.8) is 0 Å². The third-order valence-electron chi connectivity index (χ3n) is 6.87. The highest BCUT2D eigenvalue weighted by Crippen LogP contribution is 2.29. The maximum absolute atomic E-state index is 13.7. The Hall–Kier alpha value is -4.32. The van der Waals surface area contributed by atoms with Crippen LogP contribution in [-0.2, 0) is 27.4 Å². The topological polar surface area (TPSA) is 128 Å². The highest BCUT2D eigenvalue weighted by Gasteiger charge is 2.51. The molecule has 0 saturated carbocycles. The molecular weight excluding hydrogens is 516 g/mol. The molecule has 1 aromatic heterocycles. The number of carbonyl (C=O) groups excluding carboxylic acids is 4. The number of urea groups is 1. The van der Waals surface area contributed by atoms with Gasteiger partial charge in [-0.15, -0.1) is 0 Å². The molecule has 2 N–H and O–H groups in total. The minimum absolute atomic E-state index is 0.0279. The van der Waals surface area contributed by atoms with Crippen molar-refractivity contribution >= 4 is 23.9 Å². The Balaban J connectivity index is 1.54. The molecule has 2 atom stereocenters. The van der Waals surface area contributed by atoms with Gasteiger partial charge in [0, 0.05) is 19.6 Å². The van der Waals surface area contributed by atoms with Crippen molar-refractivity contribution in [2.75, 3.05) is 32.8 Å². The lowest BCUT2D eigenvalue weighted by atomic mass is 10.0. The van der Waals surface area contributed by atoms with Gasteiger partial charge in [0.2, 0.25) is 11.8 Å². The zero-order valence-corrected chi connectivity index (χ0v) is 22.7. The summed E-state index contributed by atoms with van der Waals surface area (Å²) in [5.74, 6) is 0.139. The molecule has 4 rings (SSSR count). The smallest absolute Gasteiger partial charge is 0.407 e. The Bertz CT molecular complexity index is 1170. The zero-order valence-electron chi connectivity index (χ0n) is 22.7. The number of nitrogens with one attached hydrogen (secondary N) is 2. The van der Waals surface area contributed by atoms with Crippen LogP contribution in [0, 0.1) is 0 Å². The number of hydrazine groups is 1. The Labute approximate surface area is 233 Å². The van der Waals surface area contributed by atoms with E-state index in [4.69, 9.17) is 9.15 Å². The number of piperazine rings is 1. The average molecular weight is 553 g/mol. The van der Waals surface area contributed by atoms with E-state index in [1.807, 2.05) is 37.3 Å². The highest BCUT2D eigenvalue weighted by molar-refractivity contribution is 5.91. The summed E-state index contributed by atoms with van der Waals surface area (Å²) in [5.41, 5.74) is 0.944. The number of benzene rings is 1. The fourth-order valence-electron chi connectivity index (χ4n) is 5.00. The van der Waals surface area contributed by atoms with E-state index in [9.17, 15) is 19.2 Å². The van der Waals surface area contributed by atoms with Gasteiger partial charge < -0.3 is 29.6 Å². The van der Waals surface area contributed by atoms with Crippen LogP contribution >= 0.6 is 0 Å². The van der Waals surface area contributed by atoms with E-state index in [-0.39, 0.29) is 50.6 Å². The second-order valence-electron chi connectivity index (χ2n) is 9.52. The van der Waals surface area contributed by atoms with Crippen molar-refractivity contribution in [3.05, 3.63) is 72.7 Å². The van der Waals surface area contributed by atoms with Gasteiger partial charge in [0.25, 0.3) is 0 Å². The Morgan fingerprint density at radius 3 is 2.65 bits per heavy atom. The van der Waals surface area contributed by atoms with Crippen LogP contribution in [0.3, 0.4) is 0 Å². The predicted molar refractivity (Wildman–Crippen MR) is 145 cm³/mol. The minimum Gasteiger partial charge on any atom is -0.467 e. The summed E-state index contributed by atoms with van der Waals surface area (Å²) in [4.78, 5) is 55.6. The van der Waals surface area contributed by atoms with Crippen LogP contribution in [0.1, 0.15) is 31.1 Å². The van der Waals surface area contributed by atoms with E-state index >= 15 is 0 Å². The number of nitrogens with zero attached hydrogens (tertiary/aromatic N) is 4. The zero-order chi connectivity index (χ0) is 28.5. The first kappa shape index (κ1) is 28.7. The normalized spacial score (nSPS) is 19.3. The first-order chi connectivity index (χ1) is 19.4. The third kappa shape index (κ3) is 6.81. The molecule has 0 bridgehead atoms. The number of rotatable bonds is 11. The van der Waals surface area contributed by atoms with Crippen LogP contribution in [0.15, 0.2) is 65.8 Å². The number of likely N-dealkylation sites (N-methyl/N-ethyl adjacent to an activating group) is 1. The van der Waals surface area contributed by atoms with Gasteiger partial charge in [-0.05, 0) is 30.5 Å². The van der Waals surface area contributed by atoms with Crippen molar-refractivity contribution in [3.8, 4) is 0 Å². The first-order valence-electron chi connectivity index (χ1n) is 13.4. The summed E-state index contributed by atoms with van der Waals surface area (Å²) in [5, 5.41) is 8.88. The van der Waals surface area contributed by atoms with Crippen molar-refractivity contribution in [1.82, 2.24) is 30.5 Å². The Morgan fingerprint density at radius 1 is 1.15 bits per heavy atom. The van der Waals surface area contributed by atoms with Crippen LogP contribution in [-0.4, -0.2) is 88.7 Å². The van der Waals surface area contributed by atoms with E-state index in [1.165, 1.54) is 17.2 Å².